The molecule has 16 heavy (non-hydrogen) atoms. The number of hydrogen-bond acceptors (Lipinski definition) is 1. The highest BCUT2D eigenvalue weighted by atomic mass is 79.9. The van der Waals surface area contributed by atoms with E-state index >= 15 is 0 Å². The molecule has 1 aromatic rings. The molecule has 0 spiro atoms. The number of ether oxygens (including phenoxy) is 1. The van der Waals surface area contributed by atoms with Crippen molar-refractivity contribution in [2.75, 3.05) is 13.2 Å². The number of hydrogen-bond donors (Lipinski definition) is 0. The van der Waals surface area contributed by atoms with Gasteiger partial charge >= 0.3 is 0 Å². The van der Waals surface area contributed by atoms with E-state index in [2.05, 4.69) is 15.9 Å². The van der Waals surface area contributed by atoms with Crippen molar-refractivity contribution in [1.82, 2.24) is 0 Å². The van der Waals surface area contributed by atoms with Crippen molar-refractivity contribution in [2.24, 2.45) is 5.92 Å². The minimum atomic E-state index is -0.169. The van der Waals surface area contributed by atoms with Crippen molar-refractivity contribution in [1.29, 1.82) is 0 Å². The molecule has 4 heteroatoms. The van der Waals surface area contributed by atoms with Crippen molar-refractivity contribution >= 4 is 27.5 Å². The van der Waals surface area contributed by atoms with Gasteiger partial charge in [0.15, 0.2) is 0 Å². The molecule has 1 fully saturated rings. The summed E-state index contributed by atoms with van der Waals surface area (Å²) in [4.78, 5) is 0. The lowest BCUT2D eigenvalue weighted by atomic mass is 9.93. The summed E-state index contributed by atoms with van der Waals surface area (Å²) in [7, 11) is 0. The minimum Gasteiger partial charge on any atom is -0.381 e. The third-order valence-corrected chi connectivity index (χ3v) is 3.94. The van der Waals surface area contributed by atoms with Crippen molar-refractivity contribution in [3.05, 3.63) is 34.1 Å². The monoisotopic (exact) mass is 306 g/mol. The fourth-order valence-corrected chi connectivity index (χ4v) is 2.60. The van der Waals surface area contributed by atoms with E-state index in [1.54, 1.807) is 6.07 Å². The second-order valence-corrected chi connectivity index (χ2v) is 5.56. The number of rotatable bonds is 2. The van der Waals surface area contributed by atoms with Gasteiger partial charge in [-0.1, -0.05) is 15.9 Å². The molecule has 2 unspecified atom stereocenters. The molecule has 0 bridgehead atoms. The van der Waals surface area contributed by atoms with Crippen LogP contribution < -0.4 is 0 Å². The van der Waals surface area contributed by atoms with E-state index in [1.807, 2.05) is 6.07 Å². The van der Waals surface area contributed by atoms with Crippen LogP contribution in [0.4, 0.5) is 4.39 Å². The van der Waals surface area contributed by atoms with Gasteiger partial charge in [0.2, 0.25) is 0 Å². The fourth-order valence-electron chi connectivity index (χ4n) is 1.94. The molecule has 1 aromatic carbocycles. The molecule has 0 radical (unpaired) electrons. The van der Waals surface area contributed by atoms with E-state index < -0.39 is 0 Å². The normalized spacial score (nSPS) is 25.7. The van der Waals surface area contributed by atoms with Gasteiger partial charge in [0.25, 0.3) is 0 Å². The SMILES string of the molecule is Fc1ccc(Br)cc1CC1COCCC1Cl. The average Bonchev–Trinajstić information content (AvgIpc) is 2.27. The van der Waals surface area contributed by atoms with Gasteiger partial charge in [-0.25, -0.2) is 4.39 Å². The third kappa shape index (κ3) is 2.96. The summed E-state index contributed by atoms with van der Waals surface area (Å²) in [5, 5.41) is 0.0899. The van der Waals surface area contributed by atoms with E-state index in [9.17, 15) is 4.39 Å². The van der Waals surface area contributed by atoms with Gasteiger partial charge in [0.1, 0.15) is 5.82 Å². The molecule has 1 nitrogen and oxygen atoms in total. The lowest BCUT2D eigenvalue weighted by Gasteiger charge is -2.27. The summed E-state index contributed by atoms with van der Waals surface area (Å²) < 4.78 is 19.8. The van der Waals surface area contributed by atoms with Gasteiger partial charge in [0.05, 0.1) is 6.61 Å². The lowest BCUT2D eigenvalue weighted by Crippen LogP contribution is -2.29. The second kappa shape index (κ2) is 5.48. The first-order valence-electron chi connectivity index (χ1n) is 5.32. The maximum Gasteiger partial charge on any atom is 0.126 e. The van der Waals surface area contributed by atoms with E-state index in [0.717, 1.165) is 10.9 Å². The Kier molecular flexibility index (Phi) is 4.22. The summed E-state index contributed by atoms with van der Waals surface area (Å²) >= 11 is 9.56. The van der Waals surface area contributed by atoms with Crippen LogP contribution in [-0.2, 0) is 11.2 Å². The Morgan fingerprint density at radius 2 is 2.31 bits per heavy atom. The first kappa shape index (κ1) is 12.3. The second-order valence-electron chi connectivity index (χ2n) is 4.08. The topological polar surface area (TPSA) is 9.23 Å². The molecule has 0 saturated carbocycles. The fraction of sp³-hybridized carbons (Fsp3) is 0.500. The molecular weight excluding hydrogens is 294 g/mol. The van der Waals surface area contributed by atoms with Gasteiger partial charge in [-0.05, 0) is 36.6 Å². The Hall–Kier alpha value is -0.120. The molecule has 1 aliphatic rings. The van der Waals surface area contributed by atoms with Gasteiger partial charge in [-0.3, -0.25) is 0 Å². The number of alkyl halides is 1. The molecule has 88 valence electrons. The average molecular weight is 308 g/mol. The lowest BCUT2D eigenvalue weighted by molar-refractivity contribution is 0.0575. The van der Waals surface area contributed by atoms with Crippen LogP contribution in [0, 0.1) is 11.7 Å². The largest absolute Gasteiger partial charge is 0.381 e. The highest BCUT2D eigenvalue weighted by Gasteiger charge is 2.24. The maximum atomic E-state index is 13.5. The summed E-state index contributed by atoms with van der Waals surface area (Å²) in [6.07, 6.45) is 1.49. The third-order valence-electron chi connectivity index (χ3n) is 2.87. The Morgan fingerprint density at radius 3 is 3.06 bits per heavy atom. The van der Waals surface area contributed by atoms with Crippen molar-refractivity contribution in [3.8, 4) is 0 Å². The van der Waals surface area contributed by atoms with Crippen molar-refractivity contribution in [3.63, 3.8) is 0 Å². The van der Waals surface area contributed by atoms with Gasteiger partial charge in [-0.2, -0.15) is 0 Å². The molecule has 0 N–H and O–H groups in total. The first-order chi connectivity index (χ1) is 7.66. The first-order valence-corrected chi connectivity index (χ1v) is 6.55. The van der Waals surface area contributed by atoms with E-state index in [1.165, 1.54) is 6.07 Å². The van der Waals surface area contributed by atoms with Crippen LogP contribution >= 0.6 is 27.5 Å². The van der Waals surface area contributed by atoms with Crippen LogP contribution in [0.3, 0.4) is 0 Å². The Morgan fingerprint density at radius 1 is 1.50 bits per heavy atom. The summed E-state index contributed by atoms with van der Waals surface area (Å²) in [6, 6.07) is 4.99. The summed E-state index contributed by atoms with van der Waals surface area (Å²) in [5.74, 6) is 0.0388. The molecule has 2 atom stereocenters. The van der Waals surface area contributed by atoms with E-state index in [-0.39, 0.29) is 17.1 Å². The Labute approximate surface area is 108 Å². The summed E-state index contributed by atoms with van der Waals surface area (Å²) in [5.41, 5.74) is 0.704. The molecule has 1 saturated heterocycles. The number of halogens is 3. The van der Waals surface area contributed by atoms with Crippen LogP contribution in [0.2, 0.25) is 0 Å². The summed E-state index contributed by atoms with van der Waals surface area (Å²) in [6.45, 7) is 1.34. The Balaban J connectivity index is 2.10. The van der Waals surface area contributed by atoms with Crippen LogP contribution in [0.1, 0.15) is 12.0 Å². The maximum absolute atomic E-state index is 13.5. The molecule has 0 aliphatic carbocycles. The molecule has 0 amide bonds. The smallest absolute Gasteiger partial charge is 0.126 e. The van der Waals surface area contributed by atoms with E-state index in [4.69, 9.17) is 16.3 Å². The van der Waals surface area contributed by atoms with Gasteiger partial charge in [-0.15, -0.1) is 11.6 Å². The molecular formula is C12H13BrClFO. The highest BCUT2D eigenvalue weighted by molar-refractivity contribution is 9.10. The molecule has 2 rings (SSSR count). The predicted molar refractivity (Wildman–Crippen MR) is 66.4 cm³/mol. The Bertz CT molecular complexity index is 372. The molecule has 1 heterocycles. The quantitative estimate of drug-likeness (QED) is 0.756. The minimum absolute atomic E-state index is 0.0899. The van der Waals surface area contributed by atoms with Gasteiger partial charge < -0.3 is 4.74 Å². The predicted octanol–water partition coefficient (Wildman–Crippen LogP) is 3.77. The van der Waals surface area contributed by atoms with Crippen LogP contribution in [0.25, 0.3) is 0 Å². The van der Waals surface area contributed by atoms with Crippen LogP contribution in [0.15, 0.2) is 22.7 Å². The van der Waals surface area contributed by atoms with Crippen molar-refractivity contribution < 1.29 is 9.13 Å². The van der Waals surface area contributed by atoms with Crippen LogP contribution in [-0.4, -0.2) is 18.6 Å². The van der Waals surface area contributed by atoms with E-state index in [0.29, 0.717) is 25.2 Å². The zero-order valence-corrected chi connectivity index (χ0v) is 11.1. The van der Waals surface area contributed by atoms with Crippen LogP contribution in [0.5, 0.6) is 0 Å². The van der Waals surface area contributed by atoms with Crippen molar-refractivity contribution in [2.45, 2.75) is 18.2 Å². The zero-order valence-electron chi connectivity index (χ0n) is 8.76. The highest BCUT2D eigenvalue weighted by Crippen LogP contribution is 2.26. The zero-order chi connectivity index (χ0) is 11.5. The standard InChI is InChI=1S/C12H13BrClFO/c13-10-1-2-12(15)8(6-10)5-9-7-16-4-3-11(9)14/h1-2,6,9,11H,3-5,7H2. The molecule has 1 aliphatic heterocycles. The number of benzene rings is 1. The molecule has 0 aromatic heterocycles. The van der Waals surface area contributed by atoms with Gasteiger partial charge in [0, 0.05) is 22.4 Å².